The van der Waals surface area contributed by atoms with Crippen LogP contribution in [0.3, 0.4) is 0 Å². The number of benzene rings is 11. The zero-order valence-electron chi connectivity index (χ0n) is 37.8. The summed E-state index contributed by atoms with van der Waals surface area (Å²) in [6.07, 6.45) is 0. The van der Waals surface area contributed by atoms with Crippen LogP contribution in [0.15, 0.2) is 273 Å². The topological polar surface area (TPSA) is 13.1 Å². The predicted octanol–water partition coefficient (Wildman–Crippen LogP) is 18.0. The lowest BCUT2D eigenvalue weighted by molar-refractivity contribution is 1.15. The normalized spacial score (nSPS) is 11.5. The van der Waals surface area contributed by atoms with E-state index in [0.717, 1.165) is 50.7 Å². The molecule has 0 aliphatic heterocycles. The summed E-state index contributed by atoms with van der Waals surface area (Å²) in [7, 11) is 0. The van der Waals surface area contributed by atoms with Crippen molar-refractivity contribution in [3.63, 3.8) is 0 Å². The Morgan fingerprint density at radius 3 is 1.32 bits per heavy atom. The van der Waals surface area contributed by atoms with Crippen LogP contribution in [0.5, 0.6) is 0 Å². The van der Waals surface area contributed by atoms with Crippen molar-refractivity contribution in [3.05, 3.63) is 273 Å². The van der Waals surface area contributed by atoms with Crippen LogP contribution >= 0.6 is 0 Å². The summed E-state index contributed by atoms with van der Waals surface area (Å²) >= 11 is 0. The number of aromatic nitrogens is 2. The Kier molecular flexibility index (Phi) is 9.84. The summed E-state index contributed by atoms with van der Waals surface area (Å²) in [4.78, 5) is 2.47. The number of para-hydroxylation sites is 7. The van der Waals surface area contributed by atoms with Gasteiger partial charge in [0.2, 0.25) is 0 Å². The highest BCUT2D eigenvalue weighted by Gasteiger charge is 2.24. The van der Waals surface area contributed by atoms with Crippen LogP contribution in [0.25, 0.3) is 99.5 Å². The van der Waals surface area contributed by atoms with E-state index in [1.54, 1.807) is 0 Å². The van der Waals surface area contributed by atoms with Gasteiger partial charge in [0, 0.05) is 38.5 Å². The van der Waals surface area contributed by atoms with Gasteiger partial charge in [0.05, 0.1) is 39.1 Å². The Bertz CT molecular complexity index is 3960. The maximum Gasteiger partial charge on any atom is 0.0702 e. The van der Waals surface area contributed by atoms with Crippen molar-refractivity contribution in [2.45, 2.75) is 0 Å². The van der Waals surface area contributed by atoms with Crippen LogP contribution in [-0.2, 0) is 0 Å². The van der Waals surface area contributed by atoms with E-state index in [-0.39, 0.29) is 0 Å². The third-order valence-electron chi connectivity index (χ3n) is 13.8. The molecule has 0 bridgehead atoms. The van der Waals surface area contributed by atoms with Crippen molar-refractivity contribution >= 4 is 60.7 Å². The van der Waals surface area contributed by atoms with Crippen molar-refractivity contribution in [2.24, 2.45) is 0 Å². The summed E-state index contributed by atoms with van der Waals surface area (Å²) < 4.78 is 4.83. The number of hydrogen-bond donors (Lipinski definition) is 0. The lowest BCUT2D eigenvalue weighted by atomic mass is 9.88. The second-order valence-corrected chi connectivity index (χ2v) is 17.6. The van der Waals surface area contributed by atoms with E-state index >= 15 is 0 Å². The first-order valence-corrected chi connectivity index (χ1v) is 23.7. The van der Waals surface area contributed by atoms with Gasteiger partial charge in [0.25, 0.3) is 0 Å². The first kappa shape index (κ1) is 40.1. The van der Waals surface area contributed by atoms with E-state index in [2.05, 4.69) is 287 Å². The summed E-state index contributed by atoms with van der Waals surface area (Å²) in [5.41, 5.74) is 19.6. The van der Waals surface area contributed by atoms with Gasteiger partial charge in [0.1, 0.15) is 0 Å². The standard InChI is InChI=1S/C66H45N3/c1-3-21-47(22-4-1)51-25-7-8-26-52(51)53-27-9-10-28-54(53)55-29-11-15-33-60(55)67(64-37-19-20-38-65(64)69-62-35-17-13-30-56(62)57-31-14-18-36-63(57)69)50-42-39-46(40-43-50)48-41-44-59-58-32-12-16-34-61(58)68(66(59)45-48)49-23-5-2-6-24-49/h1-45H. The van der Waals surface area contributed by atoms with Crippen LogP contribution < -0.4 is 4.90 Å². The summed E-state index contributed by atoms with van der Waals surface area (Å²) in [6.45, 7) is 0. The van der Waals surface area contributed by atoms with E-state index < -0.39 is 0 Å². The van der Waals surface area contributed by atoms with Crippen LogP contribution in [0.2, 0.25) is 0 Å². The molecule has 0 radical (unpaired) electrons. The molecule has 11 aromatic carbocycles. The van der Waals surface area contributed by atoms with Gasteiger partial charge in [-0.15, -0.1) is 0 Å². The minimum absolute atomic E-state index is 1.06. The molecule has 69 heavy (non-hydrogen) atoms. The largest absolute Gasteiger partial charge is 0.309 e. The predicted molar refractivity (Wildman–Crippen MR) is 292 cm³/mol. The SMILES string of the molecule is c1ccc(-c2ccccc2-c2ccccc2-c2ccccc2N(c2ccc(-c3ccc4c5ccccc5n(-c5ccccc5)c4c3)cc2)c2ccccc2-n2c3ccccc3c3ccccc32)cc1. The van der Waals surface area contributed by atoms with Gasteiger partial charge in [-0.25, -0.2) is 0 Å². The highest BCUT2D eigenvalue weighted by Crippen LogP contribution is 2.48. The fourth-order valence-corrected chi connectivity index (χ4v) is 10.7. The lowest BCUT2D eigenvalue weighted by Gasteiger charge is -2.31. The Labute approximate surface area is 401 Å². The molecule has 0 spiro atoms. The zero-order chi connectivity index (χ0) is 45.7. The monoisotopic (exact) mass is 879 g/mol. The fourth-order valence-electron chi connectivity index (χ4n) is 10.7. The molecule has 0 saturated heterocycles. The number of nitrogens with zero attached hydrogens (tertiary/aromatic N) is 3. The average molecular weight is 880 g/mol. The molecule has 0 aliphatic carbocycles. The quantitative estimate of drug-likeness (QED) is 0.141. The highest BCUT2D eigenvalue weighted by atomic mass is 15.2. The minimum atomic E-state index is 1.06. The number of anilines is 3. The average Bonchev–Trinajstić information content (AvgIpc) is 3.94. The van der Waals surface area contributed by atoms with Gasteiger partial charge in [-0.05, 0) is 106 Å². The minimum Gasteiger partial charge on any atom is -0.309 e. The molecule has 13 rings (SSSR count). The van der Waals surface area contributed by atoms with Crippen molar-refractivity contribution in [1.82, 2.24) is 9.13 Å². The molecule has 13 aromatic rings. The van der Waals surface area contributed by atoms with E-state index in [4.69, 9.17) is 0 Å². The molecule has 0 unspecified atom stereocenters. The molecule has 2 heterocycles. The van der Waals surface area contributed by atoms with E-state index in [0.29, 0.717) is 0 Å². The molecule has 0 amide bonds. The van der Waals surface area contributed by atoms with Crippen LogP contribution in [0, 0.1) is 0 Å². The Morgan fingerprint density at radius 2 is 0.681 bits per heavy atom. The van der Waals surface area contributed by atoms with Crippen molar-refractivity contribution in [1.29, 1.82) is 0 Å². The third kappa shape index (κ3) is 6.82. The summed E-state index contributed by atoms with van der Waals surface area (Å²) in [5.74, 6) is 0. The summed E-state index contributed by atoms with van der Waals surface area (Å²) in [6, 6.07) is 99.2. The molecule has 2 aromatic heterocycles. The van der Waals surface area contributed by atoms with Crippen molar-refractivity contribution in [2.75, 3.05) is 4.90 Å². The highest BCUT2D eigenvalue weighted by molar-refractivity contribution is 6.11. The van der Waals surface area contributed by atoms with Crippen molar-refractivity contribution < 1.29 is 0 Å². The van der Waals surface area contributed by atoms with Crippen LogP contribution in [-0.4, -0.2) is 9.13 Å². The van der Waals surface area contributed by atoms with E-state index in [1.807, 2.05) is 0 Å². The van der Waals surface area contributed by atoms with Gasteiger partial charge in [-0.2, -0.15) is 0 Å². The molecule has 0 atom stereocenters. The first-order chi connectivity index (χ1) is 34.3. The summed E-state index contributed by atoms with van der Waals surface area (Å²) in [5, 5.41) is 4.95. The third-order valence-corrected chi connectivity index (χ3v) is 13.8. The number of rotatable bonds is 9. The van der Waals surface area contributed by atoms with Gasteiger partial charge in [-0.3, -0.25) is 0 Å². The molecule has 0 saturated carbocycles. The molecule has 0 aliphatic rings. The molecular formula is C66H45N3. The number of fused-ring (bicyclic) bond motifs is 6. The first-order valence-electron chi connectivity index (χ1n) is 23.7. The van der Waals surface area contributed by atoms with Gasteiger partial charge in [-0.1, -0.05) is 206 Å². The zero-order valence-corrected chi connectivity index (χ0v) is 37.8. The van der Waals surface area contributed by atoms with Gasteiger partial charge < -0.3 is 14.0 Å². The van der Waals surface area contributed by atoms with Crippen LogP contribution in [0.4, 0.5) is 17.1 Å². The van der Waals surface area contributed by atoms with E-state index in [1.165, 1.54) is 65.9 Å². The molecule has 3 heteroatoms. The molecule has 3 nitrogen and oxygen atoms in total. The number of hydrogen-bond acceptors (Lipinski definition) is 1. The maximum absolute atomic E-state index is 2.47. The van der Waals surface area contributed by atoms with Crippen molar-refractivity contribution in [3.8, 4) is 55.9 Å². The second kappa shape index (κ2) is 16.9. The Hall–Kier alpha value is -9.18. The lowest BCUT2D eigenvalue weighted by Crippen LogP contribution is -2.14. The second-order valence-electron chi connectivity index (χ2n) is 17.6. The smallest absolute Gasteiger partial charge is 0.0702 e. The molecular weight excluding hydrogens is 835 g/mol. The van der Waals surface area contributed by atoms with E-state index in [9.17, 15) is 0 Å². The van der Waals surface area contributed by atoms with Gasteiger partial charge >= 0.3 is 0 Å². The fraction of sp³-hybridized carbons (Fsp3) is 0. The molecule has 0 fully saturated rings. The molecule has 324 valence electrons. The Morgan fingerprint density at radius 1 is 0.246 bits per heavy atom. The maximum atomic E-state index is 2.47. The molecule has 0 N–H and O–H groups in total. The van der Waals surface area contributed by atoms with Gasteiger partial charge in [0.15, 0.2) is 0 Å². The Balaban J connectivity index is 1.02. The van der Waals surface area contributed by atoms with Crippen LogP contribution in [0.1, 0.15) is 0 Å².